The maximum atomic E-state index is 2.74. The highest BCUT2D eigenvalue weighted by molar-refractivity contribution is 5.46. The molecule has 4 bridgehead atoms. The Bertz CT molecular complexity index is 509. The Morgan fingerprint density at radius 1 is 0.905 bits per heavy atom. The van der Waals surface area contributed by atoms with Crippen molar-refractivity contribution >= 4 is 0 Å². The molecule has 0 heteroatoms. The number of fused-ring (bicyclic) bond motifs is 1. The van der Waals surface area contributed by atoms with Crippen molar-refractivity contribution in [3.63, 3.8) is 0 Å². The normalized spacial score (nSPS) is 52.8. The monoisotopic (exact) mass is 282 g/mol. The Morgan fingerprint density at radius 3 is 2.00 bits per heavy atom. The van der Waals surface area contributed by atoms with Gasteiger partial charge in [0.15, 0.2) is 0 Å². The summed E-state index contributed by atoms with van der Waals surface area (Å²) in [5.74, 6) is 4.85. The topological polar surface area (TPSA) is 0 Å². The standard InChI is InChI=1S/C21H30/c1-13-9-20(2,3)19-8-17(7-18(13)19)21-10-14-4-15(11-21)6-16(5-14)12-21/h7-8,13-16,18H,4-6,9-12H2,1-3H3. The van der Waals surface area contributed by atoms with Crippen molar-refractivity contribution in [3.8, 4) is 0 Å². The van der Waals surface area contributed by atoms with E-state index in [-0.39, 0.29) is 0 Å². The summed E-state index contributed by atoms with van der Waals surface area (Å²) in [5, 5.41) is 0. The Labute approximate surface area is 130 Å². The summed E-state index contributed by atoms with van der Waals surface area (Å²) < 4.78 is 0. The molecule has 0 saturated heterocycles. The molecule has 0 nitrogen and oxygen atoms in total. The highest BCUT2D eigenvalue weighted by atomic mass is 14.6. The summed E-state index contributed by atoms with van der Waals surface area (Å²) in [6.45, 7) is 7.43. The molecule has 6 aliphatic carbocycles. The molecular formula is C21H30. The van der Waals surface area contributed by atoms with Gasteiger partial charge in [-0.15, -0.1) is 0 Å². The largest absolute Gasteiger partial charge is 0.0733 e. The summed E-state index contributed by atoms with van der Waals surface area (Å²) >= 11 is 0. The van der Waals surface area contributed by atoms with Crippen LogP contribution in [0, 0.1) is 40.4 Å². The fourth-order valence-electron chi connectivity index (χ4n) is 7.56. The molecule has 5 saturated carbocycles. The van der Waals surface area contributed by atoms with Crippen LogP contribution < -0.4 is 0 Å². The van der Waals surface area contributed by atoms with E-state index < -0.39 is 0 Å². The molecule has 0 spiro atoms. The Hall–Kier alpha value is -0.520. The molecule has 0 aromatic carbocycles. The molecule has 0 heterocycles. The lowest BCUT2D eigenvalue weighted by atomic mass is 9.48. The molecule has 0 radical (unpaired) electrons. The summed E-state index contributed by atoms with van der Waals surface area (Å²) in [5.41, 5.74) is 4.63. The van der Waals surface area contributed by atoms with E-state index in [1.807, 2.05) is 0 Å². The number of rotatable bonds is 1. The maximum absolute atomic E-state index is 2.74. The van der Waals surface area contributed by atoms with Gasteiger partial charge in [0.1, 0.15) is 0 Å². The van der Waals surface area contributed by atoms with E-state index in [1.165, 1.54) is 25.7 Å². The molecule has 21 heavy (non-hydrogen) atoms. The zero-order valence-electron chi connectivity index (χ0n) is 14.0. The minimum Gasteiger partial charge on any atom is -0.0733 e. The van der Waals surface area contributed by atoms with Crippen molar-refractivity contribution in [2.75, 3.05) is 0 Å². The van der Waals surface area contributed by atoms with Crippen LogP contribution in [0.25, 0.3) is 0 Å². The van der Waals surface area contributed by atoms with Crippen LogP contribution in [0.15, 0.2) is 23.3 Å². The average Bonchev–Trinajstić information content (AvgIpc) is 2.89. The molecule has 2 unspecified atom stereocenters. The Kier molecular flexibility index (Phi) is 2.39. The molecule has 5 fully saturated rings. The van der Waals surface area contributed by atoms with Gasteiger partial charge in [-0.05, 0) is 85.0 Å². The van der Waals surface area contributed by atoms with E-state index >= 15 is 0 Å². The molecule has 2 atom stereocenters. The van der Waals surface area contributed by atoms with Gasteiger partial charge in [0.05, 0.1) is 0 Å². The first-order chi connectivity index (χ1) is 9.95. The van der Waals surface area contributed by atoms with Gasteiger partial charge in [-0.1, -0.05) is 38.5 Å². The molecule has 6 rings (SSSR count). The third-order valence-electron chi connectivity index (χ3n) is 7.91. The molecule has 0 amide bonds. The van der Waals surface area contributed by atoms with Gasteiger partial charge in [-0.3, -0.25) is 0 Å². The van der Waals surface area contributed by atoms with Gasteiger partial charge >= 0.3 is 0 Å². The van der Waals surface area contributed by atoms with Crippen LogP contribution in [0.2, 0.25) is 0 Å². The van der Waals surface area contributed by atoms with Gasteiger partial charge in [0, 0.05) is 5.92 Å². The van der Waals surface area contributed by atoms with E-state index in [2.05, 4.69) is 32.9 Å². The van der Waals surface area contributed by atoms with Gasteiger partial charge in [-0.25, -0.2) is 0 Å². The van der Waals surface area contributed by atoms with E-state index in [9.17, 15) is 0 Å². The molecule has 0 aromatic heterocycles. The summed E-state index contributed by atoms with van der Waals surface area (Å²) in [7, 11) is 0. The first kappa shape index (κ1) is 13.0. The van der Waals surface area contributed by atoms with Gasteiger partial charge in [0.2, 0.25) is 0 Å². The van der Waals surface area contributed by atoms with Crippen LogP contribution in [0.3, 0.4) is 0 Å². The van der Waals surface area contributed by atoms with Crippen molar-refractivity contribution in [2.24, 2.45) is 40.4 Å². The first-order valence-electron chi connectivity index (χ1n) is 9.40. The second-order valence-electron chi connectivity index (χ2n) is 10.0. The predicted octanol–water partition coefficient (Wildman–Crippen LogP) is 5.75. The van der Waals surface area contributed by atoms with E-state index in [0.29, 0.717) is 10.8 Å². The number of hydrogen-bond acceptors (Lipinski definition) is 0. The zero-order chi connectivity index (χ0) is 14.4. The van der Waals surface area contributed by atoms with Crippen LogP contribution in [0.5, 0.6) is 0 Å². The second kappa shape index (κ2) is 3.87. The van der Waals surface area contributed by atoms with Crippen LogP contribution >= 0.6 is 0 Å². The first-order valence-corrected chi connectivity index (χ1v) is 9.40. The maximum Gasteiger partial charge on any atom is 0.00173 e. The fourth-order valence-corrected chi connectivity index (χ4v) is 7.56. The molecule has 0 N–H and O–H groups in total. The molecular weight excluding hydrogens is 252 g/mol. The predicted molar refractivity (Wildman–Crippen MR) is 87.8 cm³/mol. The molecule has 6 aliphatic rings. The lowest BCUT2D eigenvalue weighted by molar-refractivity contribution is -0.0286. The SMILES string of the molecule is CC1CC(C)(C)C2=CC(C34CC5CC(CC(C5)C3)C4)=CC21. The fraction of sp³-hybridized carbons (Fsp3) is 0.810. The lowest BCUT2D eigenvalue weighted by Gasteiger charge is -2.57. The van der Waals surface area contributed by atoms with Crippen molar-refractivity contribution in [2.45, 2.75) is 65.7 Å². The second-order valence-corrected chi connectivity index (χ2v) is 10.0. The van der Waals surface area contributed by atoms with Crippen LogP contribution in [-0.2, 0) is 0 Å². The molecule has 0 aliphatic heterocycles. The third-order valence-corrected chi connectivity index (χ3v) is 7.91. The number of allylic oxidation sites excluding steroid dienone is 4. The van der Waals surface area contributed by atoms with Crippen LogP contribution in [-0.4, -0.2) is 0 Å². The summed E-state index contributed by atoms with van der Waals surface area (Å²) in [4.78, 5) is 0. The quantitative estimate of drug-likeness (QED) is 0.574. The number of hydrogen-bond donors (Lipinski definition) is 0. The average molecular weight is 282 g/mol. The van der Waals surface area contributed by atoms with Gasteiger partial charge in [-0.2, -0.15) is 0 Å². The van der Waals surface area contributed by atoms with Crippen molar-refractivity contribution in [1.82, 2.24) is 0 Å². The van der Waals surface area contributed by atoms with Gasteiger partial charge in [0.25, 0.3) is 0 Å². The van der Waals surface area contributed by atoms with E-state index in [0.717, 1.165) is 29.6 Å². The molecule has 114 valence electrons. The minimum atomic E-state index is 0.449. The van der Waals surface area contributed by atoms with Gasteiger partial charge < -0.3 is 0 Å². The van der Waals surface area contributed by atoms with Crippen molar-refractivity contribution in [3.05, 3.63) is 23.3 Å². The highest BCUT2D eigenvalue weighted by Gasteiger charge is 2.54. The smallest absolute Gasteiger partial charge is 0.00173 e. The van der Waals surface area contributed by atoms with Crippen molar-refractivity contribution < 1.29 is 0 Å². The van der Waals surface area contributed by atoms with Crippen molar-refractivity contribution in [1.29, 1.82) is 0 Å². The highest BCUT2D eigenvalue weighted by Crippen LogP contribution is 2.65. The lowest BCUT2D eigenvalue weighted by Crippen LogP contribution is -2.46. The summed E-state index contributed by atoms with van der Waals surface area (Å²) in [6.07, 6.45) is 16.1. The zero-order valence-corrected chi connectivity index (χ0v) is 14.0. The Morgan fingerprint density at radius 2 is 1.48 bits per heavy atom. The molecule has 0 aromatic rings. The minimum absolute atomic E-state index is 0.449. The summed E-state index contributed by atoms with van der Waals surface area (Å²) in [6, 6.07) is 0. The third kappa shape index (κ3) is 1.68. The Balaban J connectivity index is 1.53. The van der Waals surface area contributed by atoms with Crippen LogP contribution in [0.1, 0.15) is 65.7 Å². The van der Waals surface area contributed by atoms with Crippen LogP contribution in [0.4, 0.5) is 0 Å². The van der Waals surface area contributed by atoms with E-state index in [4.69, 9.17) is 0 Å². The van der Waals surface area contributed by atoms with E-state index in [1.54, 1.807) is 30.4 Å².